The van der Waals surface area contributed by atoms with Crippen LogP contribution < -0.4 is 14.8 Å². The first-order valence-corrected chi connectivity index (χ1v) is 11.6. The molecule has 1 aliphatic heterocycles. The number of hydrogen-bond acceptors (Lipinski definition) is 6. The average molecular weight is 447 g/mol. The summed E-state index contributed by atoms with van der Waals surface area (Å²) < 4.78 is 37.0. The van der Waals surface area contributed by atoms with Crippen LogP contribution in [0.25, 0.3) is 0 Å². The summed E-state index contributed by atoms with van der Waals surface area (Å²) >= 11 is 0. The highest BCUT2D eigenvalue weighted by Crippen LogP contribution is 2.30. The van der Waals surface area contributed by atoms with Gasteiger partial charge in [-0.15, -0.1) is 0 Å². The van der Waals surface area contributed by atoms with Crippen molar-refractivity contribution in [3.05, 3.63) is 53.6 Å². The smallest absolute Gasteiger partial charge is 0.269 e. The molecular formula is C22H26N2O6S. The second-order valence-electron chi connectivity index (χ2n) is 6.91. The maximum atomic E-state index is 12.5. The molecule has 0 unspecified atom stereocenters. The summed E-state index contributed by atoms with van der Waals surface area (Å²) in [6.45, 7) is 5.06. The highest BCUT2D eigenvalue weighted by atomic mass is 32.2. The molecule has 1 aliphatic rings. The van der Waals surface area contributed by atoms with E-state index < -0.39 is 15.9 Å². The molecule has 0 bridgehead atoms. The highest BCUT2D eigenvalue weighted by molar-refractivity contribution is 7.90. The maximum Gasteiger partial charge on any atom is 0.269 e. The molecule has 1 heterocycles. The molecule has 0 spiro atoms. The van der Waals surface area contributed by atoms with Crippen LogP contribution in [0.15, 0.2) is 47.4 Å². The summed E-state index contributed by atoms with van der Waals surface area (Å²) in [5.41, 5.74) is 1.03. The fourth-order valence-corrected chi connectivity index (χ4v) is 4.94. The molecule has 0 radical (unpaired) electrons. The molecule has 2 aromatic rings. The molecule has 9 heteroatoms. The number of carbonyl (C=O) groups is 2. The Labute approximate surface area is 182 Å². The van der Waals surface area contributed by atoms with Crippen LogP contribution >= 0.6 is 0 Å². The lowest BCUT2D eigenvalue weighted by atomic mass is 10.2. The van der Waals surface area contributed by atoms with Crippen molar-refractivity contribution in [2.24, 2.45) is 0 Å². The van der Waals surface area contributed by atoms with E-state index in [0.717, 1.165) is 9.87 Å². The molecule has 0 fully saturated rings. The summed E-state index contributed by atoms with van der Waals surface area (Å²) in [6.07, 6.45) is 0.337. The lowest BCUT2D eigenvalue weighted by molar-refractivity contribution is -0.121. The number of carbonyl (C=O) groups excluding carboxylic acids is 2. The van der Waals surface area contributed by atoms with E-state index >= 15 is 0 Å². The number of nitrogens with one attached hydrogen (secondary N) is 1. The van der Waals surface area contributed by atoms with Crippen LogP contribution in [0.1, 0.15) is 42.6 Å². The molecule has 3 rings (SSSR count). The third kappa shape index (κ3) is 4.99. The monoisotopic (exact) mass is 446 g/mol. The molecule has 0 aromatic heterocycles. The van der Waals surface area contributed by atoms with Crippen LogP contribution in [0.5, 0.6) is 11.5 Å². The molecule has 8 nitrogen and oxygen atoms in total. The van der Waals surface area contributed by atoms with Crippen molar-refractivity contribution in [2.45, 2.75) is 38.1 Å². The van der Waals surface area contributed by atoms with E-state index in [2.05, 4.69) is 5.32 Å². The Morgan fingerprint density at radius 2 is 1.74 bits per heavy atom. The molecule has 0 saturated heterocycles. The third-order valence-electron chi connectivity index (χ3n) is 4.77. The first-order valence-electron chi connectivity index (χ1n) is 10.2. The van der Waals surface area contributed by atoms with Gasteiger partial charge in [-0.25, -0.2) is 12.7 Å². The summed E-state index contributed by atoms with van der Waals surface area (Å²) in [5.74, 6) is 0.493. The standard InChI is InChI=1S/C22H26N2O6S/c1-3-29-18-12-11-16(14-19(18)30-4-2)15-23-21(25)10-7-13-24-22(26)17-8-5-6-9-20(17)31(24,27)28/h5-6,8-9,11-12,14H,3-4,7,10,13,15H2,1-2H3,(H,23,25). The van der Waals surface area contributed by atoms with Crippen molar-refractivity contribution in [3.8, 4) is 11.5 Å². The van der Waals surface area contributed by atoms with Crippen molar-refractivity contribution in [1.29, 1.82) is 0 Å². The largest absolute Gasteiger partial charge is 0.490 e. The SMILES string of the molecule is CCOc1ccc(CNC(=O)CCCN2C(=O)c3ccccc3S2(=O)=O)cc1OCC. The number of rotatable bonds is 10. The van der Waals surface area contributed by atoms with Gasteiger partial charge in [-0.3, -0.25) is 9.59 Å². The molecule has 0 atom stereocenters. The van der Waals surface area contributed by atoms with E-state index in [0.29, 0.717) is 31.3 Å². The summed E-state index contributed by atoms with van der Waals surface area (Å²) in [5, 5.41) is 2.81. The first kappa shape index (κ1) is 22.6. The molecule has 0 aliphatic carbocycles. The Hall–Kier alpha value is -3.07. The Balaban J connectivity index is 1.51. The quantitative estimate of drug-likeness (QED) is 0.602. The number of amides is 2. The van der Waals surface area contributed by atoms with E-state index in [-0.39, 0.29) is 35.8 Å². The zero-order chi connectivity index (χ0) is 22.4. The van der Waals surface area contributed by atoms with Crippen LogP contribution in [0.4, 0.5) is 0 Å². The van der Waals surface area contributed by atoms with Crippen molar-refractivity contribution in [1.82, 2.24) is 9.62 Å². The number of benzene rings is 2. The minimum Gasteiger partial charge on any atom is -0.490 e. The molecular weight excluding hydrogens is 420 g/mol. The van der Waals surface area contributed by atoms with Crippen molar-refractivity contribution < 1.29 is 27.5 Å². The Morgan fingerprint density at radius 1 is 1.03 bits per heavy atom. The van der Waals surface area contributed by atoms with Gasteiger partial charge in [0.05, 0.1) is 18.8 Å². The summed E-state index contributed by atoms with van der Waals surface area (Å²) in [7, 11) is -3.84. The van der Waals surface area contributed by atoms with Gasteiger partial charge >= 0.3 is 0 Å². The topological polar surface area (TPSA) is 102 Å². The zero-order valence-corrected chi connectivity index (χ0v) is 18.4. The van der Waals surface area contributed by atoms with E-state index in [1.54, 1.807) is 18.2 Å². The van der Waals surface area contributed by atoms with Gasteiger partial charge < -0.3 is 14.8 Å². The van der Waals surface area contributed by atoms with Gasteiger partial charge in [-0.05, 0) is 50.1 Å². The second-order valence-corrected chi connectivity index (χ2v) is 8.74. The third-order valence-corrected chi connectivity index (χ3v) is 6.62. The Morgan fingerprint density at radius 3 is 2.45 bits per heavy atom. The van der Waals surface area contributed by atoms with Gasteiger partial charge in [0.2, 0.25) is 5.91 Å². The van der Waals surface area contributed by atoms with E-state index in [9.17, 15) is 18.0 Å². The van der Waals surface area contributed by atoms with Crippen LogP contribution in [0, 0.1) is 0 Å². The van der Waals surface area contributed by atoms with Crippen LogP contribution in [-0.4, -0.2) is 44.3 Å². The highest BCUT2D eigenvalue weighted by Gasteiger charge is 2.40. The fraction of sp³-hybridized carbons (Fsp3) is 0.364. The normalized spacial score (nSPS) is 14.3. The second kappa shape index (κ2) is 9.82. The van der Waals surface area contributed by atoms with Crippen LogP contribution in [0.2, 0.25) is 0 Å². The molecule has 1 N–H and O–H groups in total. The predicted molar refractivity (Wildman–Crippen MR) is 115 cm³/mol. The lowest BCUT2D eigenvalue weighted by Crippen LogP contribution is -2.32. The predicted octanol–water partition coefficient (Wildman–Crippen LogP) is 2.73. The molecule has 2 aromatic carbocycles. The fourth-order valence-electron chi connectivity index (χ4n) is 3.33. The number of fused-ring (bicyclic) bond motifs is 1. The van der Waals surface area contributed by atoms with Gasteiger partial charge in [0.15, 0.2) is 11.5 Å². The van der Waals surface area contributed by atoms with Crippen LogP contribution in [-0.2, 0) is 21.4 Å². The maximum absolute atomic E-state index is 12.5. The Kier molecular flexibility index (Phi) is 7.17. The van der Waals surface area contributed by atoms with Crippen molar-refractivity contribution in [2.75, 3.05) is 19.8 Å². The van der Waals surface area contributed by atoms with Crippen LogP contribution in [0.3, 0.4) is 0 Å². The summed E-state index contributed by atoms with van der Waals surface area (Å²) in [4.78, 5) is 24.6. The molecule has 166 valence electrons. The average Bonchev–Trinajstić information content (AvgIpc) is 2.95. The zero-order valence-electron chi connectivity index (χ0n) is 17.6. The molecule has 0 saturated carbocycles. The van der Waals surface area contributed by atoms with E-state index in [1.165, 1.54) is 12.1 Å². The van der Waals surface area contributed by atoms with Gasteiger partial charge in [0.25, 0.3) is 15.9 Å². The minimum absolute atomic E-state index is 0.0186. The van der Waals surface area contributed by atoms with E-state index in [1.807, 2.05) is 26.0 Å². The number of ether oxygens (including phenoxy) is 2. The molecule has 2 amide bonds. The Bertz CT molecular complexity index is 1070. The number of sulfonamides is 1. The number of nitrogens with zero attached hydrogens (tertiary/aromatic N) is 1. The van der Waals surface area contributed by atoms with Gasteiger partial charge in [-0.2, -0.15) is 0 Å². The van der Waals surface area contributed by atoms with E-state index in [4.69, 9.17) is 9.47 Å². The van der Waals surface area contributed by atoms with Crippen molar-refractivity contribution in [3.63, 3.8) is 0 Å². The minimum atomic E-state index is -3.84. The lowest BCUT2D eigenvalue weighted by Gasteiger charge is -2.15. The van der Waals surface area contributed by atoms with Gasteiger partial charge in [0, 0.05) is 19.5 Å². The number of hydrogen-bond donors (Lipinski definition) is 1. The van der Waals surface area contributed by atoms with Gasteiger partial charge in [0.1, 0.15) is 4.90 Å². The van der Waals surface area contributed by atoms with Crippen molar-refractivity contribution >= 4 is 21.8 Å². The summed E-state index contributed by atoms with van der Waals surface area (Å²) in [6, 6.07) is 11.6. The first-order chi connectivity index (χ1) is 14.9. The van der Waals surface area contributed by atoms with Gasteiger partial charge in [-0.1, -0.05) is 18.2 Å². The molecule has 31 heavy (non-hydrogen) atoms.